The summed E-state index contributed by atoms with van der Waals surface area (Å²) in [6.07, 6.45) is 0.756. The summed E-state index contributed by atoms with van der Waals surface area (Å²) in [5, 5.41) is 8.95. The number of carbonyl (C=O) groups excluding carboxylic acids is 1. The van der Waals surface area contributed by atoms with Crippen LogP contribution in [0.25, 0.3) is 0 Å². The molecule has 4 nitrogen and oxygen atoms in total. The van der Waals surface area contributed by atoms with Crippen LogP contribution in [0.4, 0.5) is 0 Å². The lowest BCUT2D eigenvalue weighted by atomic mass is 9.96. The lowest BCUT2D eigenvalue weighted by molar-refractivity contribution is -0.154. The molecule has 0 saturated carbocycles. The second-order valence-corrected chi connectivity index (χ2v) is 6.70. The van der Waals surface area contributed by atoms with Crippen LogP contribution in [0.15, 0.2) is 18.2 Å². The Kier molecular flexibility index (Phi) is 6.37. The summed E-state index contributed by atoms with van der Waals surface area (Å²) >= 11 is 0. The van der Waals surface area contributed by atoms with Gasteiger partial charge in [0.2, 0.25) is 0 Å². The van der Waals surface area contributed by atoms with Crippen molar-refractivity contribution in [2.45, 2.75) is 41.0 Å². The Hall–Kier alpha value is -1.39. The normalized spacial score (nSPS) is 13.0. The largest absolute Gasteiger partial charge is 0.465 e. The summed E-state index contributed by atoms with van der Waals surface area (Å²) in [6, 6.07) is 6.32. The highest BCUT2D eigenvalue weighted by Crippen LogP contribution is 2.18. The highest BCUT2D eigenvalue weighted by molar-refractivity contribution is 5.75. The second kappa shape index (κ2) is 7.57. The monoisotopic (exact) mass is 293 g/mol. The Bertz CT molecular complexity index is 477. The van der Waals surface area contributed by atoms with Gasteiger partial charge in [-0.05, 0) is 57.7 Å². The quantitative estimate of drug-likeness (QED) is 0.625. The average molecular weight is 293 g/mol. The van der Waals surface area contributed by atoms with Gasteiger partial charge in [-0.3, -0.25) is 4.79 Å². The van der Waals surface area contributed by atoms with Crippen molar-refractivity contribution in [2.75, 3.05) is 13.2 Å². The molecule has 0 spiro atoms. The smallest absolute Gasteiger partial charge is 0.311 e. The number of ether oxygens (including phenoxy) is 1. The number of benzene rings is 1. The zero-order valence-electron chi connectivity index (χ0n) is 13.7. The molecule has 0 aliphatic heterocycles. The Balaban J connectivity index is 2.65. The minimum Gasteiger partial charge on any atom is -0.465 e. The van der Waals surface area contributed by atoms with Crippen molar-refractivity contribution in [2.24, 2.45) is 11.3 Å². The molecular formula is C17H27NO3. The Labute approximate surface area is 127 Å². The number of hydrogen-bond acceptors (Lipinski definition) is 4. The molecule has 1 aromatic carbocycles. The summed E-state index contributed by atoms with van der Waals surface area (Å²) in [6.45, 7) is 10.4. The van der Waals surface area contributed by atoms with Crippen molar-refractivity contribution in [1.29, 1.82) is 0 Å². The van der Waals surface area contributed by atoms with E-state index in [0.29, 0.717) is 13.2 Å². The van der Waals surface area contributed by atoms with Gasteiger partial charge in [0.25, 0.3) is 0 Å². The van der Waals surface area contributed by atoms with Crippen LogP contribution in [-0.2, 0) is 16.0 Å². The van der Waals surface area contributed by atoms with E-state index < -0.39 is 5.41 Å². The first-order chi connectivity index (χ1) is 9.74. The molecule has 1 aromatic rings. The molecule has 0 saturated heterocycles. The zero-order chi connectivity index (χ0) is 16.0. The van der Waals surface area contributed by atoms with E-state index in [2.05, 4.69) is 37.5 Å². The molecule has 118 valence electrons. The topological polar surface area (TPSA) is 58.6 Å². The predicted molar refractivity (Wildman–Crippen MR) is 83.3 cm³/mol. The maximum Gasteiger partial charge on any atom is 0.311 e. The number of esters is 1. The van der Waals surface area contributed by atoms with Crippen molar-refractivity contribution >= 4 is 5.97 Å². The third-order valence-corrected chi connectivity index (χ3v) is 3.54. The molecule has 4 heteroatoms. The van der Waals surface area contributed by atoms with Crippen LogP contribution in [0.1, 0.15) is 37.5 Å². The summed E-state index contributed by atoms with van der Waals surface area (Å²) in [7, 11) is 0. The van der Waals surface area contributed by atoms with E-state index in [4.69, 9.17) is 9.94 Å². The van der Waals surface area contributed by atoms with Crippen molar-refractivity contribution in [1.82, 2.24) is 5.48 Å². The maximum absolute atomic E-state index is 11.8. The number of nitrogens with one attached hydrogen (secondary N) is 1. The van der Waals surface area contributed by atoms with Gasteiger partial charge in [0.05, 0.1) is 12.0 Å². The molecule has 1 atom stereocenters. The van der Waals surface area contributed by atoms with Crippen LogP contribution in [0, 0.1) is 25.2 Å². The molecule has 21 heavy (non-hydrogen) atoms. The van der Waals surface area contributed by atoms with E-state index in [0.717, 1.165) is 6.42 Å². The van der Waals surface area contributed by atoms with Gasteiger partial charge in [0.15, 0.2) is 0 Å². The molecule has 0 fully saturated rings. The Morgan fingerprint density at radius 3 is 2.48 bits per heavy atom. The summed E-state index contributed by atoms with van der Waals surface area (Å²) in [5.41, 5.74) is 5.37. The average Bonchev–Trinajstić information content (AvgIpc) is 2.39. The van der Waals surface area contributed by atoms with Crippen LogP contribution in [-0.4, -0.2) is 24.3 Å². The Morgan fingerprint density at radius 2 is 1.95 bits per heavy atom. The van der Waals surface area contributed by atoms with Crippen LogP contribution in [0.3, 0.4) is 0 Å². The molecule has 0 amide bonds. The van der Waals surface area contributed by atoms with Gasteiger partial charge in [0.1, 0.15) is 0 Å². The van der Waals surface area contributed by atoms with Crippen LogP contribution in [0.5, 0.6) is 0 Å². The van der Waals surface area contributed by atoms with Gasteiger partial charge in [-0.2, -0.15) is 0 Å². The molecular weight excluding hydrogens is 266 g/mol. The fraction of sp³-hybridized carbons (Fsp3) is 0.588. The third-order valence-electron chi connectivity index (χ3n) is 3.54. The van der Waals surface area contributed by atoms with Crippen molar-refractivity contribution in [3.8, 4) is 0 Å². The van der Waals surface area contributed by atoms with Crippen LogP contribution in [0.2, 0.25) is 0 Å². The minimum atomic E-state index is -0.502. The van der Waals surface area contributed by atoms with Gasteiger partial charge in [-0.25, -0.2) is 5.48 Å². The van der Waals surface area contributed by atoms with E-state index in [1.165, 1.54) is 16.7 Å². The molecule has 0 aliphatic carbocycles. The summed E-state index contributed by atoms with van der Waals surface area (Å²) < 4.78 is 5.36. The SMILES string of the molecule is Cc1ccc(CC(CNO)COC(=O)C(C)(C)C)cc1C. The number of aryl methyl sites for hydroxylation is 2. The van der Waals surface area contributed by atoms with E-state index >= 15 is 0 Å². The van der Waals surface area contributed by atoms with Crippen LogP contribution < -0.4 is 5.48 Å². The number of carbonyl (C=O) groups is 1. The van der Waals surface area contributed by atoms with E-state index in [1.807, 2.05) is 20.8 Å². The first-order valence-corrected chi connectivity index (χ1v) is 7.34. The summed E-state index contributed by atoms with van der Waals surface area (Å²) in [4.78, 5) is 11.8. The fourth-order valence-electron chi connectivity index (χ4n) is 1.99. The lowest BCUT2D eigenvalue weighted by Crippen LogP contribution is -2.30. The molecule has 0 aliphatic rings. The van der Waals surface area contributed by atoms with Crippen molar-refractivity contribution in [3.63, 3.8) is 0 Å². The van der Waals surface area contributed by atoms with Gasteiger partial charge in [-0.1, -0.05) is 18.2 Å². The number of rotatable bonds is 6. The standard InChI is InChI=1S/C17H27NO3/c1-12-6-7-14(8-13(12)2)9-15(10-18-20)11-21-16(19)17(3,4)5/h6-8,15,18,20H,9-11H2,1-5H3. The first kappa shape index (κ1) is 17.7. The molecule has 1 unspecified atom stereocenters. The lowest BCUT2D eigenvalue weighted by Gasteiger charge is -2.21. The van der Waals surface area contributed by atoms with E-state index in [9.17, 15) is 4.79 Å². The molecule has 1 rings (SSSR count). The number of hydroxylamine groups is 1. The molecule has 0 heterocycles. The van der Waals surface area contributed by atoms with Crippen LogP contribution >= 0.6 is 0 Å². The molecule has 0 aromatic heterocycles. The minimum absolute atomic E-state index is 0.0448. The zero-order valence-corrected chi connectivity index (χ0v) is 13.7. The highest BCUT2D eigenvalue weighted by atomic mass is 16.5. The van der Waals surface area contributed by atoms with Gasteiger partial charge in [0, 0.05) is 12.5 Å². The van der Waals surface area contributed by atoms with Crippen molar-refractivity contribution in [3.05, 3.63) is 34.9 Å². The number of hydrogen-bond donors (Lipinski definition) is 2. The van der Waals surface area contributed by atoms with E-state index in [1.54, 1.807) is 0 Å². The highest BCUT2D eigenvalue weighted by Gasteiger charge is 2.24. The van der Waals surface area contributed by atoms with Gasteiger partial charge in [-0.15, -0.1) is 0 Å². The molecule has 0 radical (unpaired) electrons. The van der Waals surface area contributed by atoms with Crippen molar-refractivity contribution < 1.29 is 14.7 Å². The van der Waals surface area contributed by atoms with Gasteiger partial charge < -0.3 is 9.94 Å². The van der Waals surface area contributed by atoms with E-state index in [-0.39, 0.29) is 11.9 Å². The summed E-state index contributed by atoms with van der Waals surface area (Å²) in [5.74, 6) is -0.172. The first-order valence-electron chi connectivity index (χ1n) is 7.34. The molecule has 2 N–H and O–H groups in total. The maximum atomic E-state index is 11.8. The Morgan fingerprint density at radius 1 is 1.29 bits per heavy atom. The molecule has 0 bridgehead atoms. The fourth-order valence-corrected chi connectivity index (χ4v) is 1.99. The predicted octanol–water partition coefficient (Wildman–Crippen LogP) is 3.03. The second-order valence-electron chi connectivity index (χ2n) is 6.70. The third kappa shape index (κ3) is 5.86. The van der Waals surface area contributed by atoms with Gasteiger partial charge >= 0.3 is 5.97 Å².